The topological polar surface area (TPSA) is 40.5 Å². The van der Waals surface area contributed by atoms with Gasteiger partial charge in [0.25, 0.3) is 0 Å². The van der Waals surface area contributed by atoms with Crippen LogP contribution in [0.2, 0.25) is 0 Å². The zero-order valence-electron chi connectivity index (χ0n) is 9.71. The van der Waals surface area contributed by atoms with E-state index in [1.165, 1.54) is 4.90 Å². The maximum absolute atomic E-state index is 10.5. The van der Waals surface area contributed by atoms with Crippen molar-refractivity contribution in [2.24, 2.45) is 5.92 Å². The number of thioether (sulfide) groups is 1. The van der Waals surface area contributed by atoms with Crippen molar-refractivity contribution in [2.75, 3.05) is 25.4 Å². The number of carboxylic acid groups (broad SMARTS) is 1. The van der Waals surface area contributed by atoms with E-state index in [0.717, 1.165) is 25.4 Å². The number of likely N-dealkylation sites (tertiary alicyclic amines) is 1. The van der Waals surface area contributed by atoms with E-state index in [1.807, 2.05) is 17.8 Å². The fourth-order valence-corrected chi connectivity index (χ4v) is 2.98. The lowest BCUT2D eigenvalue weighted by Gasteiger charge is -2.38. The molecule has 1 aromatic rings. The fraction of sp³-hybridized carbons (Fsp3) is 0.462. The summed E-state index contributed by atoms with van der Waals surface area (Å²) in [7, 11) is 0. The fourth-order valence-electron chi connectivity index (χ4n) is 2.04. The molecule has 1 aromatic carbocycles. The van der Waals surface area contributed by atoms with Gasteiger partial charge in [0.1, 0.15) is 0 Å². The number of hydrogen-bond acceptors (Lipinski definition) is 3. The van der Waals surface area contributed by atoms with Gasteiger partial charge in [0.2, 0.25) is 0 Å². The van der Waals surface area contributed by atoms with Crippen LogP contribution in [0, 0.1) is 5.92 Å². The maximum atomic E-state index is 10.5. The molecule has 1 aliphatic rings. The van der Waals surface area contributed by atoms with Gasteiger partial charge in [-0.25, -0.2) is 0 Å². The minimum atomic E-state index is -0.673. The van der Waals surface area contributed by atoms with Crippen LogP contribution in [0.5, 0.6) is 0 Å². The van der Waals surface area contributed by atoms with Crippen molar-refractivity contribution in [1.82, 2.24) is 4.90 Å². The molecule has 1 heterocycles. The first kappa shape index (κ1) is 12.5. The van der Waals surface area contributed by atoms with Crippen LogP contribution in [0.3, 0.4) is 0 Å². The lowest BCUT2D eigenvalue weighted by molar-refractivity contribution is -0.139. The molecule has 0 aliphatic carbocycles. The molecule has 0 saturated carbocycles. The van der Waals surface area contributed by atoms with Crippen molar-refractivity contribution < 1.29 is 9.90 Å². The van der Waals surface area contributed by atoms with Crippen LogP contribution in [0.1, 0.15) is 6.42 Å². The molecule has 92 valence electrons. The first-order valence-electron chi connectivity index (χ1n) is 5.86. The average molecular weight is 251 g/mol. The lowest BCUT2D eigenvalue weighted by atomic mass is 9.97. The number of carbonyl (C=O) groups is 1. The number of nitrogens with zero attached hydrogens (tertiary/aromatic N) is 1. The van der Waals surface area contributed by atoms with Gasteiger partial charge in [0, 0.05) is 30.3 Å². The Morgan fingerprint density at radius 3 is 2.71 bits per heavy atom. The Hall–Kier alpha value is -1.00. The second kappa shape index (κ2) is 6.07. The third-order valence-corrected chi connectivity index (χ3v) is 3.91. The highest BCUT2D eigenvalue weighted by Crippen LogP contribution is 2.21. The van der Waals surface area contributed by atoms with E-state index in [1.54, 1.807) is 0 Å². The number of aliphatic carboxylic acids is 1. The van der Waals surface area contributed by atoms with Gasteiger partial charge in [-0.05, 0) is 18.1 Å². The van der Waals surface area contributed by atoms with Crippen molar-refractivity contribution in [3.63, 3.8) is 0 Å². The van der Waals surface area contributed by atoms with Gasteiger partial charge in [0.15, 0.2) is 0 Å². The van der Waals surface area contributed by atoms with Crippen LogP contribution >= 0.6 is 11.8 Å². The molecule has 1 N–H and O–H groups in total. The van der Waals surface area contributed by atoms with E-state index >= 15 is 0 Å². The molecule has 0 spiro atoms. The van der Waals surface area contributed by atoms with E-state index < -0.39 is 5.97 Å². The predicted octanol–water partition coefficient (Wildman–Crippen LogP) is 2.19. The average Bonchev–Trinajstić information content (AvgIpc) is 2.26. The van der Waals surface area contributed by atoms with Crippen molar-refractivity contribution >= 4 is 17.7 Å². The minimum absolute atomic E-state index is 0.322. The van der Waals surface area contributed by atoms with Gasteiger partial charge in [-0.1, -0.05) is 18.2 Å². The van der Waals surface area contributed by atoms with Crippen molar-refractivity contribution in [2.45, 2.75) is 11.3 Å². The SMILES string of the molecule is O=C(O)CC1CN(CCSc2ccccc2)C1. The molecule has 0 atom stereocenters. The number of carboxylic acids is 1. The van der Waals surface area contributed by atoms with Crippen molar-refractivity contribution in [3.8, 4) is 0 Å². The Morgan fingerprint density at radius 2 is 2.06 bits per heavy atom. The van der Waals surface area contributed by atoms with Crippen LogP contribution in [-0.2, 0) is 4.79 Å². The summed E-state index contributed by atoms with van der Waals surface area (Å²) in [5.41, 5.74) is 0. The molecule has 1 saturated heterocycles. The molecular formula is C13H17NO2S. The molecule has 3 nitrogen and oxygen atoms in total. The van der Waals surface area contributed by atoms with Crippen molar-refractivity contribution in [3.05, 3.63) is 30.3 Å². The summed E-state index contributed by atoms with van der Waals surface area (Å²) in [6, 6.07) is 10.4. The van der Waals surface area contributed by atoms with E-state index in [4.69, 9.17) is 5.11 Å². The molecular weight excluding hydrogens is 234 g/mol. The van der Waals surface area contributed by atoms with Gasteiger partial charge >= 0.3 is 5.97 Å². The number of hydrogen-bond donors (Lipinski definition) is 1. The van der Waals surface area contributed by atoms with Crippen LogP contribution in [0.4, 0.5) is 0 Å². The highest BCUT2D eigenvalue weighted by molar-refractivity contribution is 7.99. The van der Waals surface area contributed by atoms with Crippen LogP contribution in [0.25, 0.3) is 0 Å². The van der Waals surface area contributed by atoms with E-state index in [0.29, 0.717) is 12.3 Å². The Morgan fingerprint density at radius 1 is 1.35 bits per heavy atom. The standard InChI is InChI=1S/C13H17NO2S/c15-13(16)8-11-9-14(10-11)6-7-17-12-4-2-1-3-5-12/h1-5,11H,6-10H2,(H,15,16). The van der Waals surface area contributed by atoms with Gasteiger partial charge in [-0.2, -0.15) is 0 Å². The van der Waals surface area contributed by atoms with Gasteiger partial charge in [-0.3, -0.25) is 4.79 Å². The molecule has 4 heteroatoms. The Bertz CT molecular complexity index is 363. The summed E-state index contributed by atoms with van der Waals surface area (Å²) >= 11 is 1.86. The molecule has 0 unspecified atom stereocenters. The van der Waals surface area contributed by atoms with Crippen LogP contribution in [0.15, 0.2) is 35.2 Å². The van der Waals surface area contributed by atoms with E-state index in [9.17, 15) is 4.79 Å². The Labute approximate surface area is 106 Å². The Balaban J connectivity index is 1.58. The third kappa shape index (κ3) is 4.06. The first-order valence-corrected chi connectivity index (χ1v) is 6.84. The van der Waals surface area contributed by atoms with Crippen molar-refractivity contribution in [1.29, 1.82) is 0 Å². The third-order valence-electron chi connectivity index (χ3n) is 2.92. The summed E-state index contributed by atoms with van der Waals surface area (Å²) < 4.78 is 0. The molecule has 2 rings (SSSR count). The summed E-state index contributed by atoms with van der Waals surface area (Å²) in [6.45, 7) is 2.94. The summed E-state index contributed by atoms with van der Waals surface area (Å²) in [4.78, 5) is 14.1. The quantitative estimate of drug-likeness (QED) is 0.787. The first-order chi connectivity index (χ1) is 8.24. The lowest BCUT2D eigenvalue weighted by Crippen LogP contribution is -2.48. The highest BCUT2D eigenvalue weighted by atomic mass is 32.2. The Kier molecular flexibility index (Phi) is 4.45. The van der Waals surface area contributed by atoms with Crippen LogP contribution in [-0.4, -0.2) is 41.4 Å². The maximum Gasteiger partial charge on any atom is 0.303 e. The second-order valence-electron chi connectivity index (χ2n) is 4.38. The van der Waals surface area contributed by atoms with Gasteiger partial charge < -0.3 is 10.0 Å². The normalized spacial score (nSPS) is 16.7. The molecule has 0 amide bonds. The monoisotopic (exact) mass is 251 g/mol. The molecule has 0 radical (unpaired) electrons. The number of rotatable bonds is 6. The smallest absolute Gasteiger partial charge is 0.303 e. The molecule has 0 bridgehead atoms. The predicted molar refractivity (Wildman–Crippen MR) is 69.3 cm³/mol. The zero-order valence-corrected chi connectivity index (χ0v) is 10.5. The molecule has 0 aromatic heterocycles. The zero-order chi connectivity index (χ0) is 12.1. The van der Waals surface area contributed by atoms with Gasteiger partial charge in [-0.15, -0.1) is 11.8 Å². The number of benzene rings is 1. The molecule has 1 aliphatic heterocycles. The van der Waals surface area contributed by atoms with Gasteiger partial charge in [0.05, 0.1) is 6.42 Å². The summed E-state index contributed by atoms with van der Waals surface area (Å²) in [5, 5.41) is 8.64. The summed E-state index contributed by atoms with van der Waals surface area (Å²) in [6.07, 6.45) is 0.322. The largest absolute Gasteiger partial charge is 0.481 e. The molecule has 1 fully saturated rings. The summed E-state index contributed by atoms with van der Waals surface area (Å²) in [5.74, 6) is 0.770. The van der Waals surface area contributed by atoms with Crippen LogP contribution < -0.4 is 0 Å². The second-order valence-corrected chi connectivity index (χ2v) is 5.55. The van der Waals surface area contributed by atoms with E-state index in [2.05, 4.69) is 29.2 Å². The minimum Gasteiger partial charge on any atom is -0.481 e. The molecule has 17 heavy (non-hydrogen) atoms. The van der Waals surface area contributed by atoms with E-state index in [-0.39, 0.29) is 0 Å². The highest BCUT2D eigenvalue weighted by Gasteiger charge is 2.27.